The highest BCUT2D eigenvalue weighted by molar-refractivity contribution is 7.23. The van der Waals surface area contributed by atoms with Gasteiger partial charge in [0.1, 0.15) is 46.4 Å². The number of hydrogen-bond acceptors (Lipinski definition) is 10. The first-order valence-electron chi connectivity index (χ1n) is 17.6. The molecule has 0 unspecified atom stereocenters. The number of anilines is 2. The van der Waals surface area contributed by atoms with Gasteiger partial charge in [0.05, 0.1) is 33.5 Å². The molecule has 2 aromatic carbocycles. The molecule has 4 atom stereocenters. The highest BCUT2D eigenvalue weighted by Crippen LogP contribution is 2.50. The Hall–Kier alpha value is -4.87. The Morgan fingerprint density at radius 2 is 1.94 bits per heavy atom. The summed E-state index contributed by atoms with van der Waals surface area (Å²) in [5.41, 5.74) is 0.655. The SMILES string of the molecule is C[C@@H]1[C@H](N(C)c2nc(OC[C@@]34CCCN3C[C@H](F)C4)nc3c(F)c(-c4ccc(F)c5sc(N)c(C#N)c45)c(C(F)(F)F)cc23)CCN1C(=O)C1(C#N)CC1. The van der Waals surface area contributed by atoms with E-state index in [1.807, 2.05) is 11.0 Å². The third-order valence-electron chi connectivity index (χ3n) is 11.8. The van der Waals surface area contributed by atoms with Crippen LogP contribution in [0.15, 0.2) is 18.2 Å². The maximum atomic E-state index is 17.2. The molecular weight excluding hydrogens is 735 g/mol. The molecule has 4 fully saturated rings. The molecule has 5 heterocycles. The molecule has 17 heteroatoms. The van der Waals surface area contributed by atoms with Crippen LogP contribution in [0, 0.1) is 39.7 Å². The van der Waals surface area contributed by atoms with E-state index in [9.17, 15) is 24.1 Å². The van der Waals surface area contributed by atoms with Crippen molar-refractivity contribution in [3.63, 3.8) is 0 Å². The average Bonchev–Trinajstić information content (AvgIpc) is 3.31. The highest BCUT2D eigenvalue weighted by Gasteiger charge is 2.55. The lowest BCUT2D eigenvalue weighted by Crippen LogP contribution is -2.46. The van der Waals surface area contributed by atoms with Crippen LogP contribution in [0.4, 0.5) is 37.2 Å². The molecule has 2 aromatic heterocycles. The van der Waals surface area contributed by atoms with Crippen molar-refractivity contribution < 1.29 is 35.9 Å². The summed E-state index contributed by atoms with van der Waals surface area (Å²) in [5, 5.41) is 18.8. The van der Waals surface area contributed by atoms with Gasteiger partial charge in [0.15, 0.2) is 5.82 Å². The molecule has 3 saturated heterocycles. The van der Waals surface area contributed by atoms with E-state index in [4.69, 9.17) is 10.5 Å². The minimum atomic E-state index is -5.15. The van der Waals surface area contributed by atoms with Gasteiger partial charge < -0.3 is 20.3 Å². The number of thiophene rings is 1. The van der Waals surface area contributed by atoms with E-state index in [2.05, 4.69) is 16.0 Å². The van der Waals surface area contributed by atoms with Gasteiger partial charge >= 0.3 is 12.2 Å². The zero-order chi connectivity index (χ0) is 38.5. The monoisotopic (exact) mass is 768 g/mol. The molecule has 282 valence electrons. The first-order valence-corrected chi connectivity index (χ1v) is 18.4. The minimum Gasteiger partial charge on any atom is -0.461 e. The van der Waals surface area contributed by atoms with E-state index < -0.39 is 69.2 Å². The van der Waals surface area contributed by atoms with Crippen molar-refractivity contribution in [3.05, 3.63) is 41.0 Å². The first-order chi connectivity index (χ1) is 25.6. The zero-order valence-electron chi connectivity index (χ0n) is 29.2. The number of nitriles is 2. The molecule has 1 aliphatic carbocycles. The van der Waals surface area contributed by atoms with Crippen LogP contribution in [0.3, 0.4) is 0 Å². The van der Waals surface area contributed by atoms with Crippen LogP contribution in [0.25, 0.3) is 32.1 Å². The second kappa shape index (κ2) is 12.6. The lowest BCUT2D eigenvalue weighted by Gasteiger charge is -2.33. The summed E-state index contributed by atoms with van der Waals surface area (Å²) in [4.78, 5) is 27.4. The summed E-state index contributed by atoms with van der Waals surface area (Å²) in [7, 11) is 1.58. The molecule has 0 spiro atoms. The van der Waals surface area contributed by atoms with E-state index in [1.165, 1.54) is 0 Å². The Morgan fingerprint density at radius 1 is 1.19 bits per heavy atom. The molecule has 1 amide bonds. The predicted octanol–water partition coefficient (Wildman–Crippen LogP) is 6.95. The molecule has 10 nitrogen and oxygen atoms in total. The molecule has 0 bridgehead atoms. The second-order valence-electron chi connectivity index (χ2n) is 14.9. The number of amides is 1. The van der Waals surface area contributed by atoms with Gasteiger partial charge in [-0.05, 0) is 63.3 Å². The van der Waals surface area contributed by atoms with Crippen molar-refractivity contribution in [1.29, 1.82) is 10.5 Å². The van der Waals surface area contributed by atoms with Gasteiger partial charge in [0.2, 0.25) is 5.91 Å². The van der Waals surface area contributed by atoms with Crippen molar-refractivity contribution in [2.24, 2.45) is 5.41 Å². The van der Waals surface area contributed by atoms with Gasteiger partial charge in [0.25, 0.3) is 0 Å². The number of nitrogens with zero attached hydrogens (tertiary/aromatic N) is 7. The van der Waals surface area contributed by atoms with Gasteiger partial charge in [-0.25, -0.2) is 13.2 Å². The minimum absolute atomic E-state index is 0.0478. The maximum Gasteiger partial charge on any atom is 0.417 e. The fraction of sp³-hybridized carbons (Fsp3) is 0.486. The summed E-state index contributed by atoms with van der Waals surface area (Å²) in [6, 6.07) is 5.19. The van der Waals surface area contributed by atoms with Gasteiger partial charge in [0, 0.05) is 48.9 Å². The molecule has 4 aliphatic rings. The summed E-state index contributed by atoms with van der Waals surface area (Å²) < 4.78 is 98.1. The van der Waals surface area contributed by atoms with Gasteiger partial charge in [-0.3, -0.25) is 9.69 Å². The number of fused-ring (bicyclic) bond motifs is 3. The fourth-order valence-electron chi connectivity index (χ4n) is 8.83. The Labute approximate surface area is 309 Å². The zero-order valence-corrected chi connectivity index (χ0v) is 30.1. The quantitative estimate of drug-likeness (QED) is 0.198. The van der Waals surface area contributed by atoms with Crippen LogP contribution in [-0.4, -0.2) is 82.8 Å². The Morgan fingerprint density at radius 3 is 2.63 bits per heavy atom. The number of halogens is 6. The number of ether oxygens (including phenoxy) is 1. The molecule has 8 rings (SSSR count). The number of likely N-dealkylation sites (N-methyl/N-ethyl adjacent to an activating group) is 1. The average molecular weight is 769 g/mol. The van der Waals surface area contributed by atoms with Gasteiger partial charge in [-0.15, -0.1) is 11.3 Å². The topological polar surface area (TPSA) is 135 Å². The number of hydrogen-bond donors (Lipinski definition) is 1. The fourth-order valence-corrected chi connectivity index (χ4v) is 9.78. The number of nitrogen functional groups attached to an aromatic ring is 1. The van der Waals surface area contributed by atoms with Crippen molar-refractivity contribution in [2.75, 3.05) is 43.9 Å². The van der Waals surface area contributed by atoms with Crippen LogP contribution in [0.2, 0.25) is 0 Å². The van der Waals surface area contributed by atoms with E-state index in [0.717, 1.165) is 24.6 Å². The van der Waals surface area contributed by atoms with E-state index >= 15 is 17.6 Å². The normalized spacial score (nSPS) is 24.9. The molecular formula is C37H34F6N8O2S. The lowest BCUT2D eigenvalue weighted by atomic mass is 9.92. The predicted molar refractivity (Wildman–Crippen MR) is 188 cm³/mol. The number of alkyl halides is 4. The Kier molecular flexibility index (Phi) is 8.43. The lowest BCUT2D eigenvalue weighted by molar-refractivity contribution is -0.137. The van der Waals surface area contributed by atoms with E-state index in [1.54, 1.807) is 23.8 Å². The van der Waals surface area contributed by atoms with Crippen molar-refractivity contribution >= 4 is 49.1 Å². The highest BCUT2D eigenvalue weighted by atomic mass is 32.1. The van der Waals surface area contributed by atoms with Crippen LogP contribution < -0.4 is 15.4 Å². The number of carbonyl (C=O) groups is 1. The summed E-state index contributed by atoms with van der Waals surface area (Å²) in [6.45, 7) is 2.92. The number of carbonyl (C=O) groups excluding carboxylic acids is 1. The third kappa shape index (κ3) is 5.49. The van der Waals surface area contributed by atoms with E-state index in [0.29, 0.717) is 43.6 Å². The smallest absolute Gasteiger partial charge is 0.417 e. The Bertz CT molecular complexity index is 2320. The van der Waals surface area contributed by atoms with Crippen LogP contribution >= 0.6 is 11.3 Å². The number of nitrogens with two attached hydrogens (primary N) is 1. The molecule has 4 aromatic rings. The third-order valence-corrected chi connectivity index (χ3v) is 12.8. The summed E-state index contributed by atoms with van der Waals surface area (Å²) >= 11 is 0.667. The molecule has 2 N–H and O–H groups in total. The molecule has 0 radical (unpaired) electrons. The molecule has 3 aliphatic heterocycles. The largest absolute Gasteiger partial charge is 0.461 e. The van der Waals surface area contributed by atoms with Gasteiger partial charge in [-0.1, -0.05) is 6.07 Å². The number of benzene rings is 2. The molecule has 54 heavy (non-hydrogen) atoms. The number of aromatic nitrogens is 2. The maximum absolute atomic E-state index is 17.2. The van der Waals surface area contributed by atoms with Crippen LogP contribution in [-0.2, 0) is 11.0 Å². The Balaban J connectivity index is 1.30. The van der Waals surface area contributed by atoms with Crippen molar-refractivity contribution in [3.8, 4) is 29.3 Å². The van der Waals surface area contributed by atoms with Crippen LogP contribution in [0.1, 0.15) is 56.6 Å². The standard InChI is InChI=1S/C37H34F6N8O2S/c1-18-25(6-11-51(18)33(52)35(16-45)8-9-35)49(2)32-21-12-23(37(41,42)43)27(20-4-5-24(39)30-26(20)22(14-44)31(46)54-30)28(40)29(21)47-34(48-32)53-17-36-7-3-10-50(36)15-19(38)13-36/h4-5,12,18-19,25H,3,6-11,13,15,17,46H2,1-2H3/t18-,19-,25-,36+/m1/s1. The number of likely N-dealkylation sites (tertiary alicyclic amines) is 1. The first kappa shape index (κ1) is 36.1. The number of rotatable bonds is 7. The second-order valence-corrected chi connectivity index (χ2v) is 15.9. The summed E-state index contributed by atoms with van der Waals surface area (Å²) in [6.07, 6.45) is -3.30. The van der Waals surface area contributed by atoms with Crippen LogP contribution in [0.5, 0.6) is 6.01 Å². The summed E-state index contributed by atoms with van der Waals surface area (Å²) in [5.74, 6) is -2.66. The van der Waals surface area contributed by atoms with Gasteiger partial charge in [-0.2, -0.15) is 33.7 Å². The van der Waals surface area contributed by atoms with E-state index in [-0.39, 0.29) is 69.9 Å². The van der Waals surface area contributed by atoms with Crippen molar-refractivity contribution in [2.45, 2.75) is 75.4 Å². The molecule has 1 saturated carbocycles. The van der Waals surface area contributed by atoms with Crippen molar-refractivity contribution in [1.82, 2.24) is 19.8 Å².